The van der Waals surface area contributed by atoms with Crippen molar-refractivity contribution in [3.05, 3.63) is 50.9 Å². The number of hydrogen-bond donors (Lipinski definition) is 1. The maximum absolute atomic E-state index is 12.6. The van der Waals surface area contributed by atoms with Crippen LogP contribution in [0.4, 0.5) is 13.2 Å². The van der Waals surface area contributed by atoms with E-state index in [2.05, 4.69) is 10.3 Å². The Kier molecular flexibility index (Phi) is 5.01. The minimum atomic E-state index is -4.38. The second kappa shape index (κ2) is 6.56. The summed E-state index contributed by atoms with van der Waals surface area (Å²) in [5.41, 5.74) is 1.52. The molecule has 2 aromatic rings. The van der Waals surface area contributed by atoms with Gasteiger partial charge in [0.05, 0.1) is 10.4 Å². The first kappa shape index (κ1) is 15.3. The molecule has 0 spiro atoms. The Morgan fingerprint density at radius 2 is 1.90 bits per heavy atom. The van der Waals surface area contributed by atoms with E-state index >= 15 is 0 Å². The summed E-state index contributed by atoms with van der Waals surface area (Å²) in [7, 11) is 0. The molecule has 108 valence electrons. The van der Waals surface area contributed by atoms with Crippen molar-refractivity contribution in [1.29, 1.82) is 0 Å². The van der Waals surface area contributed by atoms with Crippen LogP contribution in [0.25, 0.3) is 0 Å². The second-order valence-corrected chi connectivity index (χ2v) is 5.55. The monoisotopic (exact) mass is 320 g/mol. The molecule has 0 atom stereocenters. The topological polar surface area (TPSA) is 24.9 Å². The fraction of sp³-hybridized carbons (Fsp3) is 0.308. The van der Waals surface area contributed by atoms with Crippen molar-refractivity contribution >= 4 is 22.9 Å². The van der Waals surface area contributed by atoms with Crippen LogP contribution in [0.5, 0.6) is 0 Å². The van der Waals surface area contributed by atoms with Crippen LogP contribution in [0.1, 0.15) is 16.1 Å². The molecular weight excluding hydrogens is 309 g/mol. The van der Waals surface area contributed by atoms with Crippen molar-refractivity contribution in [3.63, 3.8) is 0 Å². The van der Waals surface area contributed by atoms with Gasteiger partial charge >= 0.3 is 6.18 Å². The van der Waals surface area contributed by atoms with Crippen molar-refractivity contribution < 1.29 is 13.2 Å². The van der Waals surface area contributed by atoms with Crippen LogP contribution in [-0.4, -0.2) is 11.5 Å². The Morgan fingerprint density at radius 1 is 1.20 bits per heavy atom. The lowest BCUT2D eigenvalue weighted by Crippen LogP contribution is -2.18. The highest BCUT2D eigenvalue weighted by molar-refractivity contribution is 7.09. The second-order valence-electron chi connectivity index (χ2n) is 4.18. The van der Waals surface area contributed by atoms with Crippen LogP contribution in [0, 0.1) is 0 Å². The van der Waals surface area contributed by atoms with Gasteiger partial charge in [-0.05, 0) is 30.7 Å². The van der Waals surface area contributed by atoms with E-state index in [4.69, 9.17) is 11.6 Å². The van der Waals surface area contributed by atoms with Gasteiger partial charge in [-0.2, -0.15) is 13.2 Å². The molecule has 0 saturated heterocycles. The minimum absolute atomic E-state index is 0.174. The Bertz CT molecular complexity index is 551. The lowest BCUT2D eigenvalue weighted by atomic mass is 10.1. The van der Waals surface area contributed by atoms with Crippen LogP contribution in [0.3, 0.4) is 0 Å². The first-order valence-electron chi connectivity index (χ1n) is 5.91. The lowest BCUT2D eigenvalue weighted by molar-refractivity contribution is -0.141. The number of nitrogens with zero attached hydrogens (tertiary/aromatic N) is 1. The van der Waals surface area contributed by atoms with Crippen LogP contribution < -0.4 is 5.32 Å². The van der Waals surface area contributed by atoms with Crippen molar-refractivity contribution in [2.45, 2.75) is 19.1 Å². The molecule has 1 aromatic heterocycles. The summed E-state index contributed by atoms with van der Waals surface area (Å²) in [6, 6.07) is 7.39. The van der Waals surface area contributed by atoms with Gasteiger partial charge in [-0.3, -0.25) is 0 Å². The van der Waals surface area contributed by atoms with E-state index in [0.29, 0.717) is 11.6 Å². The van der Waals surface area contributed by atoms with Crippen molar-refractivity contribution in [2.75, 3.05) is 6.54 Å². The summed E-state index contributed by atoms with van der Waals surface area (Å²) in [6.07, 6.45) is -3.65. The van der Waals surface area contributed by atoms with Gasteiger partial charge in [-0.15, -0.1) is 11.3 Å². The molecule has 20 heavy (non-hydrogen) atoms. The summed E-state index contributed by atoms with van der Waals surface area (Å²) in [6.45, 7) is 0.768. The van der Waals surface area contributed by atoms with Gasteiger partial charge in [0.2, 0.25) is 0 Å². The molecule has 2 nitrogen and oxygen atoms in total. The van der Waals surface area contributed by atoms with E-state index in [0.717, 1.165) is 23.3 Å². The quantitative estimate of drug-likeness (QED) is 0.837. The SMILES string of the molecule is FC(F)(F)c1ncsc1CNCCc1ccc(Cl)cc1. The van der Waals surface area contributed by atoms with Crippen LogP contribution in [0.2, 0.25) is 5.02 Å². The third-order valence-corrected chi connectivity index (χ3v) is 3.78. The highest BCUT2D eigenvalue weighted by atomic mass is 35.5. The van der Waals surface area contributed by atoms with E-state index in [1.807, 2.05) is 12.1 Å². The van der Waals surface area contributed by atoms with Gasteiger partial charge in [0, 0.05) is 11.6 Å². The summed E-state index contributed by atoms with van der Waals surface area (Å²) in [5, 5.41) is 3.67. The smallest absolute Gasteiger partial charge is 0.311 e. The number of nitrogens with one attached hydrogen (secondary N) is 1. The number of benzene rings is 1. The Labute approximate surface area is 123 Å². The third kappa shape index (κ3) is 4.19. The van der Waals surface area contributed by atoms with Gasteiger partial charge in [-0.1, -0.05) is 23.7 Å². The normalized spacial score (nSPS) is 11.8. The third-order valence-electron chi connectivity index (χ3n) is 2.70. The van der Waals surface area contributed by atoms with E-state index < -0.39 is 11.9 Å². The molecule has 0 amide bonds. The molecule has 0 aliphatic rings. The summed E-state index contributed by atoms with van der Waals surface area (Å²) in [5.74, 6) is 0. The van der Waals surface area contributed by atoms with E-state index in [1.54, 1.807) is 12.1 Å². The molecule has 0 radical (unpaired) electrons. The standard InChI is InChI=1S/C13H12ClF3N2S/c14-10-3-1-9(2-4-10)5-6-18-7-11-12(13(15,16)17)19-8-20-11/h1-4,8,18H,5-7H2. The maximum Gasteiger partial charge on any atom is 0.434 e. The molecule has 7 heteroatoms. The highest BCUT2D eigenvalue weighted by Gasteiger charge is 2.35. The van der Waals surface area contributed by atoms with Crippen molar-refractivity contribution in [1.82, 2.24) is 10.3 Å². The molecule has 0 aliphatic heterocycles. The summed E-state index contributed by atoms with van der Waals surface area (Å²) >= 11 is 6.79. The number of aromatic nitrogens is 1. The van der Waals surface area contributed by atoms with Gasteiger partial charge in [-0.25, -0.2) is 4.98 Å². The largest absolute Gasteiger partial charge is 0.434 e. The van der Waals surface area contributed by atoms with Crippen molar-refractivity contribution in [2.24, 2.45) is 0 Å². The van der Waals surface area contributed by atoms with E-state index in [9.17, 15) is 13.2 Å². The van der Waals surface area contributed by atoms with Crippen LogP contribution >= 0.6 is 22.9 Å². The number of rotatable bonds is 5. The van der Waals surface area contributed by atoms with E-state index in [-0.39, 0.29) is 11.4 Å². The summed E-state index contributed by atoms with van der Waals surface area (Å²) < 4.78 is 37.8. The fourth-order valence-electron chi connectivity index (χ4n) is 1.71. The van der Waals surface area contributed by atoms with Crippen molar-refractivity contribution in [3.8, 4) is 0 Å². The molecule has 0 bridgehead atoms. The zero-order valence-electron chi connectivity index (χ0n) is 10.4. The predicted octanol–water partition coefficient (Wildman–Crippen LogP) is 4.15. The van der Waals surface area contributed by atoms with E-state index in [1.165, 1.54) is 5.51 Å². The number of halogens is 4. The highest BCUT2D eigenvalue weighted by Crippen LogP contribution is 2.32. The number of alkyl halides is 3. The number of thiazole rings is 1. The van der Waals surface area contributed by atoms with Gasteiger partial charge in [0.1, 0.15) is 0 Å². The van der Waals surface area contributed by atoms with Gasteiger partial charge < -0.3 is 5.32 Å². The lowest BCUT2D eigenvalue weighted by Gasteiger charge is -2.07. The van der Waals surface area contributed by atoms with Crippen LogP contribution in [-0.2, 0) is 19.1 Å². The maximum atomic E-state index is 12.6. The number of hydrogen-bond acceptors (Lipinski definition) is 3. The summed E-state index contributed by atoms with van der Waals surface area (Å²) in [4.78, 5) is 3.59. The molecule has 1 N–H and O–H groups in total. The average molecular weight is 321 g/mol. The zero-order valence-corrected chi connectivity index (χ0v) is 11.9. The predicted molar refractivity (Wildman–Crippen MR) is 74.0 cm³/mol. The zero-order chi connectivity index (χ0) is 14.6. The fourth-order valence-corrected chi connectivity index (χ4v) is 2.59. The molecule has 0 saturated carbocycles. The molecule has 1 aromatic carbocycles. The molecular formula is C13H12ClF3N2S. The molecule has 1 heterocycles. The molecule has 0 unspecified atom stereocenters. The minimum Gasteiger partial charge on any atom is -0.311 e. The Balaban J connectivity index is 1.82. The molecule has 0 aliphatic carbocycles. The molecule has 2 rings (SSSR count). The first-order valence-corrected chi connectivity index (χ1v) is 7.17. The first-order chi connectivity index (χ1) is 9.47. The average Bonchev–Trinajstić information content (AvgIpc) is 2.85. The Hall–Kier alpha value is -1.11. The van der Waals surface area contributed by atoms with Gasteiger partial charge in [0.25, 0.3) is 0 Å². The Morgan fingerprint density at radius 3 is 2.55 bits per heavy atom. The molecule has 0 fully saturated rings. The van der Waals surface area contributed by atoms with Crippen LogP contribution in [0.15, 0.2) is 29.8 Å². The van der Waals surface area contributed by atoms with Gasteiger partial charge in [0.15, 0.2) is 5.69 Å².